The van der Waals surface area contributed by atoms with Gasteiger partial charge in [0.15, 0.2) is 0 Å². The van der Waals surface area contributed by atoms with E-state index < -0.39 is 29.0 Å². The fourth-order valence-corrected chi connectivity index (χ4v) is 5.59. The third-order valence-electron chi connectivity index (χ3n) is 8.06. The Bertz CT molecular complexity index is 1610. The van der Waals surface area contributed by atoms with Crippen LogP contribution in [0.25, 0.3) is 0 Å². The topological polar surface area (TPSA) is 97.6 Å². The van der Waals surface area contributed by atoms with Crippen molar-refractivity contribution in [3.05, 3.63) is 70.7 Å². The SMILES string of the molecule is CC(=O)N1CCN(CCCOc2ccc(Nc3ncnc4c3CCN(c3ccc(C#N)c(C(F)(F)F)c3)C4)c(C(F)(F)F)c2)CC1. The lowest BCUT2D eigenvalue weighted by atomic mass is 10.0. The van der Waals surface area contributed by atoms with Crippen LogP contribution in [-0.4, -0.2) is 71.6 Å². The molecule has 0 saturated carbocycles. The number of anilines is 3. The van der Waals surface area contributed by atoms with Crippen LogP contribution in [0.15, 0.2) is 42.7 Å². The molecule has 1 saturated heterocycles. The van der Waals surface area contributed by atoms with Gasteiger partial charge in [-0.05, 0) is 49.2 Å². The van der Waals surface area contributed by atoms with E-state index in [0.717, 1.165) is 31.3 Å². The van der Waals surface area contributed by atoms with Crippen molar-refractivity contribution in [2.75, 3.05) is 56.1 Å². The average molecular weight is 648 g/mol. The summed E-state index contributed by atoms with van der Waals surface area (Å²) >= 11 is 0. The van der Waals surface area contributed by atoms with Gasteiger partial charge in [0.25, 0.3) is 0 Å². The lowest BCUT2D eigenvalue weighted by Gasteiger charge is -2.34. The predicted molar refractivity (Wildman–Crippen MR) is 156 cm³/mol. The number of hydrogen-bond acceptors (Lipinski definition) is 8. The van der Waals surface area contributed by atoms with Crippen molar-refractivity contribution >= 4 is 23.1 Å². The van der Waals surface area contributed by atoms with E-state index >= 15 is 0 Å². The van der Waals surface area contributed by atoms with Crippen LogP contribution in [0.3, 0.4) is 0 Å². The van der Waals surface area contributed by atoms with Crippen LogP contribution < -0.4 is 15.0 Å². The van der Waals surface area contributed by atoms with E-state index in [1.54, 1.807) is 15.9 Å². The molecule has 244 valence electrons. The molecule has 1 amide bonds. The number of benzene rings is 2. The van der Waals surface area contributed by atoms with Crippen molar-refractivity contribution in [3.8, 4) is 11.8 Å². The molecule has 15 heteroatoms. The van der Waals surface area contributed by atoms with Crippen molar-refractivity contribution in [3.63, 3.8) is 0 Å². The number of ether oxygens (including phenoxy) is 1. The Morgan fingerprint density at radius 2 is 1.72 bits per heavy atom. The zero-order valence-corrected chi connectivity index (χ0v) is 24.9. The van der Waals surface area contributed by atoms with Crippen molar-refractivity contribution in [2.24, 2.45) is 0 Å². The zero-order chi connectivity index (χ0) is 33.1. The maximum absolute atomic E-state index is 14.1. The minimum absolute atomic E-state index is 0.0401. The number of hydrogen-bond donors (Lipinski definition) is 1. The highest BCUT2D eigenvalue weighted by molar-refractivity contribution is 5.73. The quantitative estimate of drug-likeness (QED) is 0.249. The van der Waals surface area contributed by atoms with Crippen molar-refractivity contribution < 1.29 is 35.9 Å². The van der Waals surface area contributed by atoms with Crippen LogP contribution in [0.5, 0.6) is 5.75 Å². The Morgan fingerprint density at radius 1 is 0.978 bits per heavy atom. The second-order valence-corrected chi connectivity index (χ2v) is 11.0. The van der Waals surface area contributed by atoms with Crippen LogP contribution in [0.4, 0.5) is 43.5 Å². The van der Waals surface area contributed by atoms with Gasteiger partial charge in [0.2, 0.25) is 5.91 Å². The second kappa shape index (κ2) is 13.4. The minimum atomic E-state index is -4.71. The number of nitrogens with zero attached hydrogens (tertiary/aromatic N) is 6. The molecule has 3 aromatic rings. The van der Waals surface area contributed by atoms with Gasteiger partial charge in [0, 0.05) is 57.4 Å². The maximum Gasteiger partial charge on any atom is 0.418 e. The number of nitriles is 1. The van der Waals surface area contributed by atoms with E-state index in [9.17, 15) is 31.1 Å². The third kappa shape index (κ3) is 7.61. The van der Waals surface area contributed by atoms with Crippen LogP contribution >= 0.6 is 0 Å². The van der Waals surface area contributed by atoms with E-state index in [1.165, 1.54) is 31.5 Å². The molecule has 0 spiro atoms. The number of alkyl halides is 6. The molecule has 46 heavy (non-hydrogen) atoms. The van der Waals surface area contributed by atoms with Crippen molar-refractivity contribution in [2.45, 2.75) is 38.7 Å². The molecular formula is C31H31F6N7O2. The highest BCUT2D eigenvalue weighted by Gasteiger charge is 2.36. The first-order valence-corrected chi connectivity index (χ1v) is 14.6. The predicted octanol–water partition coefficient (Wildman–Crippen LogP) is 5.63. The van der Waals surface area contributed by atoms with E-state index in [1.807, 2.05) is 0 Å². The Morgan fingerprint density at radius 3 is 2.39 bits per heavy atom. The van der Waals surface area contributed by atoms with Gasteiger partial charge in [-0.15, -0.1) is 0 Å². The van der Waals surface area contributed by atoms with Gasteiger partial charge in [0.1, 0.15) is 17.9 Å². The fourth-order valence-electron chi connectivity index (χ4n) is 5.59. The summed E-state index contributed by atoms with van der Waals surface area (Å²) in [5.74, 6) is 0.281. The number of nitrogens with one attached hydrogen (secondary N) is 1. The number of fused-ring (bicyclic) bond motifs is 1. The lowest BCUT2D eigenvalue weighted by Crippen LogP contribution is -2.48. The monoisotopic (exact) mass is 647 g/mol. The number of rotatable bonds is 8. The summed E-state index contributed by atoms with van der Waals surface area (Å²) in [4.78, 5) is 25.5. The molecule has 3 heterocycles. The Labute approximate surface area is 261 Å². The highest BCUT2D eigenvalue weighted by atomic mass is 19.4. The zero-order valence-electron chi connectivity index (χ0n) is 24.9. The summed E-state index contributed by atoms with van der Waals surface area (Å²) < 4.78 is 88.5. The first-order valence-electron chi connectivity index (χ1n) is 14.6. The van der Waals surface area contributed by atoms with Crippen LogP contribution in [-0.2, 0) is 30.1 Å². The standard InChI is InChI=1S/C31H31F6N7O2/c1-20(45)43-12-10-42(11-13-43)8-2-14-46-23-5-6-27(26(16-23)31(35,36)37)41-29-24-7-9-44(18-28(24)39-19-40-29)22-4-3-21(17-38)25(15-22)30(32,33)34/h3-6,15-16,19H,2,7-14,18H2,1H3,(H,39,40,41). The van der Waals surface area contributed by atoms with Crippen molar-refractivity contribution in [1.82, 2.24) is 19.8 Å². The minimum Gasteiger partial charge on any atom is -0.494 e. The molecule has 2 aliphatic rings. The van der Waals surface area contributed by atoms with Crippen LogP contribution in [0, 0.1) is 11.3 Å². The third-order valence-corrected chi connectivity index (χ3v) is 8.06. The van der Waals surface area contributed by atoms with Gasteiger partial charge in [0.05, 0.1) is 47.3 Å². The van der Waals surface area contributed by atoms with E-state index in [2.05, 4.69) is 20.2 Å². The first kappa shape index (κ1) is 32.8. The summed E-state index contributed by atoms with van der Waals surface area (Å²) in [5, 5.41) is 11.9. The average Bonchev–Trinajstić information content (AvgIpc) is 3.02. The van der Waals surface area contributed by atoms with Gasteiger partial charge in [-0.1, -0.05) is 0 Å². The summed E-state index contributed by atoms with van der Waals surface area (Å²) in [6, 6.07) is 8.68. The molecule has 1 aromatic heterocycles. The maximum atomic E-state index is 14.1. The smallest absolute Gasteiger partial charge is 0.418 e. The van der Waals surface area contributed by atoms with Gasteiger partial charge < -0.3 is 19.9 Å². The van der Waals surface area contributed by atoms with Gasteiger partial charge in [-0.3, -0.25) is 9.69 Å². The highest BCUT2D eigenvalue weighted by Crippen LogP contribution is 2.40. The van der Waals surface area contributed by atoms with Gasteiger partial charge in [-0.2, -0.15) is 31.6 Å². The molecular weight excluding hydrogens is 616 g/mol. The Balaban J connectivity index is 1.25. The molecule has 2 aromatic carbocycles. The molecule has 5 rings (SSSR count). The molecule has 0 unspecified atom stereocenters. The number of halogens is 6. The molecule has 0 radical (unpaired) electrons. The lowest BCUT2D eigenvalue weighted by molar-refractivity contribution is -0.138. The summed E-state index contributed by atoms with van der Waals surface area (Å²) in [6.07, 6.45) is -7.36. The second-order valence-electron chi connectivity index (χ2n) is 11.0. The number of aromatic nitrogens is 2. The largest absolute Gasteiger partial charge is 0.494 e. The van der Waals surface area contributed by atoms with E-state index in [4.69, 9.17) is 10.00 Å². The molecule has 1 N–H and O–H groups in total. The number of carbonyl (C=O) groups excluding carboxylic acids is 1. The normalized spacial score (nSPS) is 15.7. The fraction of sp³-hybridized carbons (Fsp3) is 0.419. The molecule has 2 aliphatic heterocycles. The van der Waals surface area contributed by atoms with Crippen molar-refractivity contribution in [1.29, 1.82) is 5.26 Å². The molecule has 0 atom stereocenters. The molecule has 0 bridgehead atoms. The van der Waals surface area contributed by atoms with E-state index in [-0.39, 0.29) is 55.0 Å². The summed E-state index contributed by atoms with van der Waals surface area (Å²) in [5.41, 5.74) is -1.44. The first-order chi connectivity index (χ1) is 21.8. The summed E-state index contributed by atoms with van der Waals surface area (Å²) in [6.45, 7) is 5.56. The van der Waals surface area contributed by atoms with E-state index in [0.29, 0.717) is 37.3 Å². The van der Waals surface area contributed by atoms with Gasteiger partial charge in [-0.25, -0.2) is 9.97 Å². The van der Waals surface area contributed by atoms with Gasteiger partial charge >= 0.3 is 12.4 Å². The number of carbonyl (C=O) groups is 1. The Kier molecular flexibility index (Phi) is 9.57. The Hall–Kier alpha value is -4.58. The number of amides is 1. The van der Waals surface area contributed by atoms with Crippen LogP contribution in [0.1, 0.15) is 41.3 Å². The summed E-state index contributed by atoms with van der Waals surface area (Å²) in [7, 11) is 0. The molecule has 9 nitrogen and oxygen atoms in total. The molecule has 0 aliphatic carbocycles. The molecule has 1 fully saturated rings. The number of piperazine rings is 1. The van der Waals surface area contributed by atoms with Crippen LogP contribution in [0.2, 0.25) is 0 Å².